The maximum atomic E-state index is 11.2. The lowest BCUT2D eigenvalue weighted by Gasteiger charge is -2.26. The zero-order valence-corrected chi connectivity index (χ0v) is 10.7. The molecule has 0 aliphatic heterocycles. The molecule has 0 saturated heterocycles. The van der Waals surface area contributed by atoms with Crippen LogP contribution in [0.2, 0.25) is 0 Å². The summed E-state index contributed by atoms with van der Waals surface area (Å²) in [7, 11) is 3.24. The largest absolute Gasteiger partial charge is 0.487 e. The first-order chi connectivity index (χ1) is 7.98. The fourth-order valence-corrected chi connectivity index (χ4v) is 1.56. The van der Waals surface area contributed by atoms with E-state index in [1.807, 2.05) is 20.9 Å². The average molecular weight is 237 g/mol. The van der Waals surface area contributed by atoms with E-state index in [9.17, 15) is 4.79 Å². The third-order valence-corrected chi connectivity index (χ3v) is 2.27. The number of nitrogens with one attached hydrogen (secondary N) is 1. The van der Waals surface area contributed by atoms with Crippen LogP contribution in [-0.4, -0.2) is 32.3 Å². The van der Waals surface area contributed by atoms with Crippen LogP contribution in [0.25, 0.3) is 0 Å². The molecular weight excluding hydrogens is 218 g/mol. The molecule has 0 aromatic heterocycles. The summed E-state index contributed by atoms with van der Waals surface area (Å²) in [6.45, 7) is 4.74. The second-order valence-electron chi connectivity index (χ2n) is 4.41. The monoisotopic (exact) mass is 237 g/mol. The van der Waals surface area contributed by atoms with Crippen LogP contribution in [0.1, 0.15) is 24.2 Å². The molecular formula is C13H19NO3. The Kier molecular flexibility index (Phi) is 4.52. The van der Waals surface area contributed by atoms with Crippen molar-refractivity contribution in [1.82, 2.24) is 5.32 Å². The van der Waals surface area contributed by atoms with E-state index in [4.69, 9.17) is 4.74 Å². The minimum absolute atomic E-state index is 0.290. The minimum atomic E-state index is -0.342. The van der Waals surface area contributed by atoms with Crippen molar-refractivity contribution in [2.24, 2.45) is 0 Å². The van der Waals surface area contributed by atoms with Gasteiger partial charge in [0, 0.05) is 6.54 Å². The second kappa shape index (κ2) is 5.68. The van der Waals surface area contributed by atoms with Crippen molar-refractivity contribution in [1.29, 1.82) is 0 Å². The SMILES string of the molecule is CNCC(C)(C)Oc1ccc(C(=O)OC)cc1. The molecule has 0 spiro atoms. The molecule has 0 atom stereocenters. The smallest absolute Gasteiger partial charge is 0.337 e. The molecule has 17 heavy (non-hydrogen) atoms. The summed E-state index contributed by atoms with van der Waals surface area (Å²) in [5.74, 6) is 0.393. The Morgan fingerprint density at radius 3 is 2.35 bits per heavy atom. The normalized spacial score (nSPS) is 11.1. The van der Waals surface area contributed by atoms with Crippen LogP contribution in [0.5, 0.6) is 5.75 Å². The summed E-state index contributed by atoms with van der Waals surface area (Å²) in [5.41, 5.74) is 0.230. The molecule has 0 aliphatic carbocycles. The number of likely N-dealkylation sites (N-methyl/N-ethyl adjacent to an activating group) is 1. The average Bonchev–Trinajstić information content (AvgIpc) is 2.28. The molecule has 0 unspecified atom stereocenters. The summed E-state index contributed by atoms with van der Waals surface area (Å²) in [6.07, 6.45) is 0. The van der Waals surface area contributed by atoms with Gasteiger partial charge in [-0.05, 0) is 45.2 Å². The fraction of sp³-hybridized carbons (Fsp3) is 0.462. The van der Waals surface area contributed by atoms with Crippen molar-refractivity contribution in [3.05, 3.63) is 29.8 Å². The number of hydrogen-bond acceptors (Lipinski definition) is 4. The Bertz CT molecular complexity index is 371. The van der Waals surface area contributed by atoms with E-state index in [0.717, 1.165) is 12.3 Å². The van der Waals surface area contributed by atoms with E-state index in [2.05, 4.69) is 10.1 Å². The van der Waals surface area contributed by atoms with Gasteiger partial charge in [-0.15, -0.1) is 0 Å². The summed E-state index contributed by atoms with van der Waals surface area (Å²) >= 11 is 0. The molecule has 0 amide bonds. The Hall–Kier alpha value is -1.55. The zero-order chi connectivity index (χ0) is 12.9. The maximum Gasteiger partial charge on any atom is 0.337 e. The highest BCUT2D eigenvalue weighted by Crippen LogP contribution is 2.18. The first kappa shape index (κ1) is 13.5. The number of rotatable bonds is 5. The molecule has 1 aromatic rings. The van der Waals surface area contributed by atoms with Crippen LogP contribution in [0.3, 0.4) is 0 Å². The summed E-state index contributed by atoms with van der Waals surface area (Å²) < 4.78 is 10.4. The lowest BCUT2D eigenvalue weighted by atomic mass is 10.1. The number of hydrogen-bond donors (Lipinski definition) is 1. The van der Waals surface area contributed by atoms with Gasteiger partial charge in [-0.1, -0.05) is 0 Å². The van der Waals surface area contributed by atoms with Crippen molar-refractivity contribution < 1.29 is 14.3 Å². The number of ether oxygens (including phenoxy) is 2. The summed E-state index contributed by atoms with van der Waals surface area (Å²) in [5, 5.41) is 3.07. The lowest BCUT2D eigenvalue weighted by molar-refractivity contribution is 0.0600. The van der Waals surface area contributed by atoms with Gasteiger partial charge in [0.1, 0.15) is 11.4 Å². The number of benzene rings is 1. The van der Waals surface area contributed by atoms with E-state index in [1.165, 1.54) is 7.11 Å². The Morgan fingerprint density at radius 2 is 1.88 bits per heavy atom. The third kappa shape index (κ3) is 4.07. The van der Waals surface area contributed by atoms with Gasteiger partial charge in [0.15, 0.2) is 0 Å². The predicted molar refractivity (Wildman–Crippen MR) is 66.4 cm³/mol. The van der Waals surface area contributed by atoms with Crippen molar-refractivity contribution in [2.45, 2.75) is 19.4 Å². The third-order valence-electron chi connectivity index (χ3n) is 2.27. The van der Waals surface area contributed by atoms with E-state index in [0.29, 0.717) is 5.56 Å². The molecule has 0 saturated carbocycles. The summed E-state index contributed by atoms with van der Waals surface area (Å²) in [6, 6.07) is 6.92. The van der Waals surface area contributed by atoms with Crippen LogP contribution in [-0.2, 0) is 4.74 Å². The lowest BCUT2D eigenvalue weighted by Crippen LogP contribution is -2.38. The first-order valence-electron chi connectivity index (χ1n) is 5.50. The van der Waals surface area contributed by atoms with Gasteiger partial charge in [0.2, 0.25) is 0 Å². The Balaban J connectivity index is 2.71. The fourth-order valence-electron chi connectivity index (χ4n) is 1.56. The van der Waals surface area contributed by atoms with E-state index in [1.54, 1.807) is 24.3 Å². The van der Waals surface area contributed by atoms with Crippen LogP contribution in [0, 0.1) is 0 Å². The molecule has 0 aliphatic rings. The highest BCUT2D eigenvalue weighted by atomic mass is 16.5. The topological polar surface area (TPSA) is 47.6 Å². The first-order valence-corrected chi connectivity index (χ1v) is 5.50. The number of esters is 1. The van der Waals surface area contributed by atoms with Crippen LogP contribution in [0.4, 0.5) is 0 Å². The van der Waals surface area contributed by atoms with Crippen molar-refractivity contribution >= 4 is 5.97 Å². The van der Waals surface area contributed by atoms with E-state index >= 15 is 0 Å². The number of methoxy groups -OCH3 is 1. The standard InChI is InChI=1S/C13H19NO3/c1-13(2,9-14-3)17-11-7-5-10(6-8-11)12(15)16-4/h5-8,14H,9H2,1-4H3. The summed E-state index contributed by atoms with van der Waals surface area (Å²) in [4.78, 5) is 11.2. The van der Waals surface area contributed by atoms with Gasteiger partial charge in [0.05, 0.1) is 12.7 Å². The van der Waals surface area contributed by atoms with Gasteiger partial charge in [-0.3, -0.25) is 0 Å². The Labute approximate surface area is 102 Å². The van der Waals surface area contributed by atoms with Crippen molar-refractivity contribution in [3.8, 4) is 5.75 Å². The molecule has 1 rings (SSSR count). The molecule has 1 aromatic carbocycles. The zero-order valence-electron chi connectivity index (χ0n) is 10.7. The van der Waals surface area contributed by atoms with E-state index < -0.39 is 0 Å². The van der Waals surface area contributed by atoms with E-state index in [-0.39, 0.29) is 11.6 Å². The van der Waals surface area contributed by atoms with Crippen LogP contribution < -0.4 is 10.1 Å². The molecule has 0 bridgehead atoms. The van der Waals surface area contributed by atoms with Gasteiger partial charge in [-0.25, -0.2) is 4.79 Å². The quantitative estimate of drug-likeness (QED) is 0.794. The molecule has 4 nitrogen and oxygen atoms in total. The van der Waals surface area contributed by atoms with Gasteiger partial charge < -0.3 is 14.8 Å². The maximum absolute atomic E-state index is 11.2. The highest BCUT2D eigenvalue weighted by Gasteiger charge is 2.18. The second-order valence-corrected chi connectivity index (χ2v) is 4.41. The molecule has 94 valence electrons. The number of carbonyl (C=O) groups is 1. The van der Waals surface area contributed by atoms with Crippen molar-refractivity contribution in [2.75, 3.05) is 20.7 Å². The van der Waals surface area contributed by atoms with Crippen LogP contribution >= 0.6 is 0 Å². The Morgan fingerprint density at radius 1 is 1.29 bits per heavy atom. The molecule has 4 heteroatoms. The predicted octanol–water partition coefficient (Wildman–Crippen LogP) is 1.85. The van der Waals surface area contributed by atoms with Gasteiger partial charge in [0.25, 0.3) is 0 Å². The molecule has 0 radical (unpaired) electrons. The highest BCUT2D eigenvalue weighted by molar-refractivity contribution is 5.89. The van der Waals surface area contributed by atoms with Gasteiger partial charge >= 0.3 is 5.97 Å². The number of carbonyl (C=O) groups excluding carboxylic acids is 1. The van der Waals surface area contributed by atoms with Crippen molar-refractivity contribution in [3.63, 3.8) is 0 Å². The molecule has 1 N–H and O–H groups in total. The minimum Gasteiger partial charge on any atom is -0.487 e. The van der Waals surface area contributed by atoms with Crippen LogP contribution in [0.15, 0.2) is 24.3 Å². The molecule has 0 fully saturated rings. The molecule has 0 heterocycles. The van der Waals surface area contributed by atoms with Gasteiger partial charge in [-0.2, -0.15) is 0 Å².